The van der Waals surface area contributed by atoms with Crippen LogP contribution >= 0.6 is 23.1 Å². The predicted molar refractivity (Wildman–Crippen MR) is 149 cm³/mol. The number of ether oxygens (including phenoxy) is 2. The van der Waals surface area contributed by atoms with E-state index < -0.39 is 5.25 Å². The topological polar surface area (TPSA) is 97.1 Å². The molecule has 2 heterocycles. The van der Waals surface area contributed by atoms with Crippen LogP contribution in [0.1, 0.15) is 50.9 Å². The van der Waals surface area contributed by atoms with Crippen LogP contribution in [0, 0.1) is 22.7 Å². The summed E-state index contributed by atoms with van der Waals surface area (Å²) in [5, 5.41) is 15.3. The van der Waals surface area contributed by atoms with E-state index >= 15 is 0 Å². The number of fused-ring (bicyclic) bond motifs is 1. The van der Waals surface area contributed by atoms with E-state index in [9.17, 15) is 10.1 Å². The Morgan fingerprint density at radius 2 is 1.97 bits per heavy atom. The number of thioether (sulfide) groups is 1. The first-order valence-electron chi connectivity index (χ1n) is 12.2. The van der Waals surface area contributed by atoms with Crippen LogP contribution in [-0.2, 0) is 17.6 Å². The molecule has 1 amide bonds. The van der Waals surface area contributed by atoms with Crippen LogP contribution in [0.25, 0.3) is 11.3 Å². The Morgan fingerprint density at radius 3 is 2.65 bits per heavy atom. The zero-order valence-corrected chi connectivity index (χ0v) is 23.7. The molecule has 194 valence electrons. The van der Waals surface area contributed by atoms with Crippen molar-refractivity contribution in [2.75, 3.05) is 19.5 Å². The summed E-state index contributed by atoms with van der Waals surface area (Å²) in [6.07, 6.45) is 2.92. The normalized spacial score (nSPS) is 15.9. The Hall–Kier alpha value is -3.09. The number of aromatic nitrogens is 2. The molecule has 0 spiro atoms. The van der Waals surface area contributed by atoms with Gasteiger partial charge in [0.25, 0.3) is 0 Å². The van der Waals surface area contributed by atoms with Crippen LogP contribution in [0.2, 0.25) is 0 Å². The Morgan fingerprint density at radius 1 is 1.22 bits per heavy atom. The maximum atomic E-state index is 13.0. The van der Waals surface area contributed by atoms with Gasteiger partial charge in [-0.3, -0.25) is 4.79 Å². The lowest BCUT2D eigenvalue weighted by Gasteiger charge is -2.34. The van der Waals surface area contributed by atoms with Crippen molar-refractivity contribution in [3.63, 3.8) is 0 Å². The fourth-order valence-corrected chi connectivity index (χ4v) is 6.06. The van der Waals surface area contributed by atoms with Gasteiger partial charge in [0, 0.05) is 16.6 Å². The molecule has 1 aromatic carbocycles. The number of pyridine rings is 1. The number of amides is 1. The summed E-state index contributed by atoms with van der Waals surface area (Å²) in [7, 11) is 3.18. The number of nitriles is 1. The third-order valence-corrected chi connectivity index (χ3v) is 8.63. The molecule has 2 aromatic heterocycles. The highest BCUT2D eigenvalue weighted by Crippen LogP contribution is 2.39. The lowest BCUT2D eigenvalue weighted by Crippen LogP contribution is -2.27. The summed E-state index contributed by atoms with van der Waals surface area (Å²) in [5.74, 6) is 1.64. The van der Waals surface area contributed by atoms with E-state index in [1.807, 2.05) is 36.6 Å². The van der Waals surface area contributed by atoms with Crippen molar-refractivity contribution >= 4 is 34.1 Å². The molecule has 0 aliphatic heterocycles. The molecule has 0 saturated carbocycles. The van der Waals surface area contributed by atoms with Crippen LogP contribution in [-0.4, -0.2) is 35.3 Å². The zero-order valence-electron chi connectivity index (χ0n) is 22.0. The van der Waals surface area contributed by atoms with Gasteiger partial charge in [-0.1, -0.05) is 32.5 Å². The second kappa shape index (κ2) is 11.1. The highest BCUT2D eigenvalue weighted by molar-refractivity contribution is 8.00. The maximum absolute atomic E-state index is 13.0. The minimum atomic E-state index is -0.447. The van der Waals surface area contributed by atoms with E-state index in [-0.39, 0.29) is 11.3 Å². The Labute approximate surface area is 226 Å². The van der Waals surface area contributed by atoms with Crippen molar-refractivity contribution in [2.24, 2.45) is 11.3 Å². The first-order chi connectivity index (χ1) is 17.6. The van der Waals surface area contributed by atoms with Gasteiger partial charge in [-0.15, -0.1) is 11.3 Å². The molecular formula is C28H32N4O3S2. The number of carbonyl (C=O) groups is 1. The zero-order chi connectivity index (χ0) is 26.7. The van der Waals surface area contributed by atoms with Crippen molar-refractivity contribution in [3.8, 4) is 28.8 Å². The quantitative estimate of drug-likeness (QED) is 0.351. The van der Waals surface area contributed by atoms with Gasteiger partial charge in [-0.25, -0.2) is 9.97 Å². The van der Waals surface area contributed by atoms with Gasteiger partial charge >= 0.3 is 0 Å². The van der Waals surface area contributed by atoms with Gasteiger partial charge in [-0.2, -0.15) is 5.26 Å². The molecular weight excluding hydrogens is 504 g/mol. The van der Waals surface area contributed by atoms with E-state index in [1.165, 1.54) is 23.1 Å². The predicted octanol–water partition coefficient (Wildman–Crippen LogP) is 6.36. The van der Waals surface area contributed by atoms with E-state index in [2.05, 4.69) is 37.1 Å². The van der Waals surface area contributed by atoms with Gasteiger partial charge < -0.3 is 14.8 Å². The fourth-order valence-electron chi connectivity index (χ4n) is 4.44. The van der Waals surface area contributed by atoms with Crippen LogP contribution in [0.4, 0.5) is 5.13 Å². The van der Waals surface area contributed by atoms with Crippen LogP contribution in [0.3, 0.4) is 0 Å². The van der Waals surface area contributed by atoms with Gasteiger partial charge in [0.1, 0.15) is 11.1 Å². The number of thiazole rings is 1. The second-order valence-electron chi connectivity index (χ2n) is 10.2. The van der Waals surface area contributed by atoms with Crippen molar-refractivity contribution in [2.45, 2.75) is 57.2 Å². The lowest BCUT2D eigenvalue weighted by molar-refractivity contribution is -0.115. The van der Waals surface area contributed by atoms with Crippen molar-refractivity contribution in [1.29, 1.82) is 5.26 Å². The molecule has 3 aromatic rings. The molecule has 7 nitrogen and oxygen atoms in total. The molecule has 2 atom stereocenters. The van der Waals surface area contributed by atoms with E-state index in [4.69, 9.17) is 14.5 Å². The van der Waals surface area contributed by atoms with Crippen molar-refractivity contribution < 1.29 is 14.3 Å². The molecule has 2 unspecified atom stereocenters. The summed E-state index contributed by atoms with van der Waals surface area (Å²) >= 11 is 2.67. The molecule has 9 heteroatoms. The van der Waals surface area contributed by atoms with Crippen molar-refractivity contribution in [1.82, 2.24) is 9.97 Å². The summed E-state index contributed by atoms with van der Waals surface area (Å²) in [5.41, 5.74) is 4.56. The van der Waals surface area contributed by atoms with Crippen LogP contribution < -0.4 is 14.8 Å². The molecule has 1 aliphatic rings. The Balaban J connectivity index is 1.45. The minimum absolute atomic E-state index is 0.186. The summed E-state index contributed by atoms with van der Waals surface area (Å²) < 4.78 is 10.7. The molecule has 1 aliphatic carbocycles. The first kappa shape index (κ1) is 27.0. The van der Waals surface area contributed by atoms with Gasteiger partial charge in [0.15, 0.2) is 16.6 Å². The Bertz CT molecular complexity index is 1340. The maximum Gasteiger partial charge on any atom is 0.239 e. The fraction of sp³-hybridized carbons (Fsp3) is 0.429. The number of hydrogen-bond acceptors (Lipinski definition) is 8. The molecule has 0 bridgehead atoms. The number of anilines is 1. The monoisotopic (exact) mass is 536 g/mol. The average molecular weight is 537 g/mol. The Kier molecular flexibility index (Phi) is 8.10. The van der Waals surface area contributed by atoms with E-state index in [0.717, 1.165) is 41.8 Å². The minimum Gasteiger partial charge on any atom is -0.493 e. The summed E-state index contributed by atoms with van der Waals surface area (Å²) in [6.45, 7) is 8.63. The van der Waals surface area contributed by atoms with Crippen LogP contribution in [0.5, 0.6) is 11.5 Å². The third kappa shape index (κ3) is 6.08. The molecule has 4 rings (SSSR count). The van der Waals surface area contributed by atoms with Gasteiger partial charge in [0.05, 0.1) is 30.7 Å². The van der Waals surface area contributed by atoms with Gasteiger partial charge in [-0.05, 0) is 67.3 Å². The number of rotatable bonds is 7. The number of nitrogens with zero attached hydrogens (tertiary/aromatic N) is 3. The van der Waals surface area contributed by atoms with Gasteiger partial charge in [0.2, 0.25) is 5.91 Å². The smallest absolute Gasteiger partial charge is 0.239 e. The SMILES string of the molecule is COc1ccc(-c2csc(NC(=O)C(C)Sc3nc4c(cc3C#N)CC(C(C)(C)C)CC4)n2)cc1OC. The number of benzene rings is 1. The lowest BCUT2D eigenvalue weighted by atomic mass is 9.71. The first-order valence-corrected chi connectivity index (χ1v) is 14.0. The molecule has 37 heavy (non-hydrogen) atoms. The average Bonchev–Trinajstić information content (AvgIpc) is 3.35. The van der Waals surface area contributed by atoms with Crippen molar-refractivity contribution in [3.05, 3.63) is 46.5 Å². The van der Waals surface area contributed by atoms with E-state index in [1.54, 1.807) is 14.2 Å². The number of carbonyl (C=O) groups excluding carboxylic acids is 1. The molecule has 0 fully saturated rings. The standard InChI is InChI=1S/C28H32N4O3S2/c1-16(37-26-19(14-29)11-18-12-20(28(2,3)4)8-9-21(18)30-26)25(33)32-27-31-22(15-36-27)17-7-10-23(34-5)24(13-17)35-6/h7,10-11,13,15-16,20H,8-9,12H2,1-6H3,(H,31,32,33). The molecule has 0 saturated heterocycles. The second-order valence-corrected chi connectivity index (χ2v) is 12.4. The number of hydrogen-bond donors (Lipinski definition) is 1. The molecule has 1 N–H and O–H groups in total. The number of nitrogens with one attached hydrogen (secondary N) is 1. The van der Waals surface area contributed by atoms with Crippen LogP contribution in [0.15, 0.2) is 34.7 Å². The summed E-state index contributed by atoms with van der Waals surface area (Å²) in [6, 6.07) is 9.84. The molecule has 0 radical (unpaired) electrons. The number of methoxy groups -OCH3 is 2. The highest BCUT2D eigenvalue weighted by Gasteiger charge is 2.30. The largest absolute Gasteiger partial charge is 0.493 e. The highest BCUT2D eigenvalue weighted by atomic mass is 32.2. The summed E-state index contributed by atoms with van der Waals surface area (Å²) in [4.78, 5) is 22.4. The number of aryl methyl sites for hydroxylation is 1. The van der Waals surface area contributed by atoms with E-state index in [0.29, 0.717) is 33.1 Å². The third-order valence-electron chi connectivity index (χ3n) is 6.77.